The Hall–Kier alpha value is -2.70. The maximum atomic E-state index is 13.0. The van der Waals surface area contributed by atoms with Gasteiger partial charge in [-0.3, -0.25) is 19.7 Å². The van der Waals surface area contributed by atoms with Gasteiger partial charge in [0.2, 0.25) is 11.8 Å². The predicted octanol–water partition coefficient (Wildman–Crippen LogP) is 3.39. The molecular weight excluding hydrogens is 370 g/mol. The van der Waals surface area contributed by atoms with Gasteiger partial charge in [-0.15, -0.1) is 0 Å². The van der Waals surface area contributed by atoms with E-state index in [9.17, 15) is 19.7 Å². The molecule has 0 aromatic heterocycles. The smallest absolute Gasteiger partial charge is 0.294 e. The van der Waals surface area contributed by atoms with Gasteiger partial charge >= 0.3 is 0 Å². The summed E-state index contributed by atoms with van der Waals surface area (Å²) in [6.07, 6.45) is 6.07. The molecule has 7 heteroatoms. The Bertz CT molecular complexity index is 902. The van der Waals surface area contributed by atoms with Crippen LogP contribution in [0.2, 0.25) is 0 Å². The molecular formula is C22H25N3O4. The van der Waals surface area contributed by atoms with Crippen molar-refractivity contribution in [3.63, 3.8) is 0 Å². The summed E-state index contributed by atoms with van der Waals surface area (Å²) >= 11 is 0. The van der Waals surface area contributed by atoms with Gasteiger partial charge in [0.1, 0.15) is 5.69 Å². The number of piperidine rings is 1. The molecule has 2 saturated heterocycles. The van der Waals surface area contributed by atoms with Crippen molar-refractivity contribution < 1.29 is 14.5 Å². The minimum absolute atomic E-state index is 0.0393. The normalized spacial score (nSPS) is 35.5. The van der Waals surface area contributed by atoms with Gasteiger partial charge in [0.05, 0.1) is 22.4 Å². The average molecular weight is 395 g/mol. The van der Waals surface area contributed by atoms with Crippen molar-refractivity contribution in [2.75, 3.05) is 22.9 Å². The lowest BCUT2D eigenvalue weighted by molar-refractivity contribution is -0.384. The molecule has 0 spiro atoms. The number of allylic oxidation sites excluding steroid dienone is 2. The Morgan fingerprint density at radius 1 is 0.966 bits per heavy atom. The number of carbonyl (C=O) groups is 2. The first-order chi connectivity index (χ1) is 13.8. The summed E-state index contributed by atoms with van der Waals surface area (Å²) in [7, 11) is 0. The van der Waals surface area contributed by atoms with E-state index in [0.29, 0.717) is 23.2 Å². The van der Waals surface area contributed by atoms with Crippen molar-refractivity contribution in [2.45, 2.75) is 26.7 Å². The lowest BCUT2D eigenvalue weighted by Gasteiger charge is -2.36. The fourth-order valence-electron chi connectivity index (χ4n) is 6.08. The Morgan fingerprint density at radius 3 is 2.10 bits per heavy atom. The maximum Gasteiger partial charge on any atom is 0.294 e. The Kier molecular flexibility index (Phi) is 4.05. The Morgan fingerprint density at radius 2 is 1.55 bits per heavy atom. The van der Waals surface area contributed by atoms with Crippen LogP contribution in [0.15, 0.2) is 30.4 Å². The minimum atomic E-state index is -0.403. The van der Waals surface area contributed by atoms with Crippen LogP contribution in [0, 0.1) is 45.6 Å². The highest BCUT2D eigenvalue weighted by molar-refractivity contribution is 6.23. The number of benzene rings is 1. The Balaban J connectivity index is 1.49. The number of nitro benzene ring substituents is 1. The van der Waals surface area contributed by atoms with Gasteiger partial charge in [-0.1, -0.05) is 26.0 Å². The molecule has 5 rings (SSSR count). The van der Waals surface area contributed by atoms with E-state index in [1.807, 2.05) is 12.2 Å². The van der Waals surface area contributed by atoms with Gasteiger partial charge < -0.3 is 4.90 Å². The molecule has 2 aliphatic carbocycles. The summed E-state index contributed by atoms with van der Waals surface area (Å²) in [6.45, 7) is 5.85. The molecule has 3 fully saturated rings. The second kappa shape index (κ2) is 6.40. The molecule has 1 aromatic carbocycles. The zero-order chi connectivity index (χ0) is 20.4. The largest absolute Gasteiger partial charge is 0.365 e. The first-order valence-electron chi connectivity index (χ1n) is 10.4. The van der Waals surface area contributed by atoms with Crippen LogP contribution < -0.4 is 9.80 Å². The summed E-state index contributed by atoms with van der Waals surface area (Å²) in [5.41, 5.74) is 0.850. The van der Waals surface area contributed by atoms with Crippen molar-refractivity contribution in [3.8, 4) is 0 Å². The van der Waals surface area contributed by atoms with Crippen molar-refractivity contribution in [1.29, 1.82) is 0 Å². The highest BCUT2D eigenvalue weighted by Gasteiger charge is 2.59. The number of hydrogen-bond acceptors (Lipinski definition) is 5. The van der Waals surface area contributed by atoms with E-state index in [2.05, 4.69) is 18.7 Å². The fourth-order valence-corrected chi connectivity index (χ4v) is 6.08. The van der Waals surface area contributed by atoms with Gasteiger partial charge in [0, 0.05) is 19.2 Å². The fraction of sp³-hybridized carbons (Fsp3) is 0.545. The van der Waals surface area contributed by atoms with E-state index >= 15 is 0 Å². The van der Waals surface area contributed by atoms with Crippen molar-refractivity contribution in [2.24, 2.45) is 35.5 Å². The number of anilines is 2. The summed E-state index contributed by atoms with van der Waals surface area (Å²) in [5.74, 6) is 0.136. The van der Waals surface area contributed by atoms with Crippen LogP contribution in [0.5, 0.6) is 0 Å². The van der Waals surface area contributed by atoms with Crippen molar-refractivity contribution >= 4 is 28.9 Å². The monoisotopic (exact) mass is 395 g/mol. The first kappa shape index (κ1) is 18.3. The number of carbonyl (C=O) groups excluding carboxylic acids is 2. The molecule has 6 atom stereocenters. The van der Waals surface area contributed by atoms with E-state index in [-0.39, 0.29) is 41.2 Å². The standard InChI is InChI=1S/C22H25N3O4/c1-12-7-13(2)11-23(10-12)17-6-5-16(9-18(17)25(28)29)24-21(26)19-14-3-4-15(8-14)20(19)22(24)27/h3-6,9,12-15,19-20H,7-8,10-11H2,1-2H3/t12-,13+,14-,15-,19-,20-/m0/s1. The summed E-state index contributed by atoms with van der Waals surface area (Å²) in [6, 6.07) is 4.81. The average Bonchev–Trinajstić information content (AvgIpc) is 3.34. The summed E-state index contributed by atoms with van der Waals surface area (Å²) in [4.78, 5) is 40.8. The molecule has 2 heterocycles. The zero-order valence-corrected chi connectivity index (χ0v) is 16.7. The van der Waals surface area contributed by atoms with Gasteiger partial charge in [0.25, 0.3) is 5.69 Å². The molecule has 1 saturated carbocycles. The second-order valence-electron chi connectivity index (χ2n) is 9.29. The topological polar surface area (TPSA) is 83.8 Å². The quantitative estimate of drug-likeness (QED) is 0.339. The SMILES string of the molecule is C[C@@H]1C[C@H](C)CN(c2ccc(N3C(=O)[C@@H]4[C@@H](C3=O)[C@H]3C=C[C@H]4C3)cc2[N+](=O)[O-])C1. The highest BCUT2D eigenvalue weighted by atomic mass is 16.6. The van der Waals surface area contributed by atoms with Crippen LogP contribution in [-0.4, -0.2) is 29.8 Å². The molecule has 152 valence electrons. The van der Waals surface area contributed by atoms with Crippen molar-refractivity contribution in [1.82, 2.24) is 0 Å². The Labute approximate surface area is 169 Å². The van der Waals surface area contributed by atoms with E-state index in [4.69, 9.17) is 0 Å². The molecule has 0 unspecified atom stereocenters. The minimum Gasteiger partial charge on any atom is -0.365 e. The number of rotatable bonds is 3. The number of fused-ring (bicyclic) bond motifs is 5. The lowest BCUT2D eigenvalue weighted by atomic mass is 9.85. The maximum absolute atomic E-state index is 13.0. The van der Waals surface area contributed by atoms with Gasteiger partial charge in [-0.05, 0) is 48.6 Å². The van der Waals surface area contributed by atoms with Crippen LogP contribution in [0.4, 0.5) is 17.1 Å². The summed E-state index contributed by atoms with van der Waals surface area (Å²) in [5, 5.41) is 11.8. The number of nitrogens with zero attached hydrogens (tertiary/aromatic N) is 3. The molecule has 29 heavy (non-hydrogen) atoms. The molecule has 4 aliphatic rings. The molecule has 0 radical (unpaired) electrons. The van der Waals surface area contributed by atoms with E-state index in [1.165, 1.54) is 11.0 Å². The van der Waals surface area contributed by atoms with Crippen LogP contribution in [0.25, 0.3) is 0 Å². The third-order valence-electron chi connectivity index (χ3n) is 7.09. The number of nitro groups is 1. The van der Waals surface area contributed by atoms with Crippen LogP contribution in [0.3, 0.4) is 0 Å². The molecule has 2 amide bonds. The third-order valence-corrected chi connectivity index (χ3v) is 7.09. The van der Waals surface area contributed by atoms with Gasteiger partial charge in [0.15, 0.2) is 0 Å². The molecule has 2 aliphatic heterocycles. The molecule has 2 bridgehead atoms. The van der Waals surface area contributed by atoms with Crippen LogP contribution in [0.1, 0.15) is 26.7 Å². The third kappa shape index (κ3) is 2.70. The zero-order valence-electron chi connectivity index (χ0n) is 16.7. The number of imide groups is 1. The van der Waals surface area contributed by atoms with E-state index < -0.39 is 4.92 Å². The molecule has 1 aromatic rings. The lowest BCUT2D eigenvalue weighted by Crippen LogP contribution is -2.39. The first-order valence-corrected chi connectivity index (χ1v) is 10.4. The molecule has 0 N–H and O–H groups in total. The highest BCUT2D eigenvalue weighted by Crippen LogP contribution is 2.53. The predicted molar refractivity (Wildman–Crippen MR) is 108 cm³/mol. The van der Waals surface area contributed by atoms with Gasteiger partial charge in [-0.25, -0.2) is 4.90 Å². The van der Waals surface area contributed by atoms with E-state index in [0.717, 1.165) is 25.9 Å². The van der Waals surface area contributed by atoms with Crippen LogP contribution >= 0.6 is 0 Å². The number of hydrogen-bond donors (Lipinski definition) is 0. The van der Waals surface area contributed by atoms with Crippen molar-refractivity contribution in [3.05, 3.63) is 40.5 Å². The van der Waals surface area contributed by atoms with Gasteiger partial charge in [-0.2, -0.15) is 0 Å². The molecule has 7 nitrogen and oxygen atoms in total. The second-order valence-corrected chi connectivity index (χ2v) is 9.29. The summed E-state index contributed by atoms with van der Waals surface area (Å²) < 4.78 is 0. The van der Waals surface area contributed by atoms with E-state index in [1.54, 1.807) is 12.1 Å². The van der Waals surface area contributed by atoms with Crippen LogP contribution in [-0.2, 0) is 9.59 Å². The number of amides is 2.